The Morgan fingerprint density at radius 2 is 1.00 bits per heavy atom. The molecule has 0 radical (unpaired) electrons. The molecule has 0 saturated heterocycles. The maximum atomic E-state index is 11.1. The van der Waals surface area contributed by atoms with E-state index in [0.717, 1.165) is 32.1 Å². The number of rotatable bonds is 14. The molecule has 0 saturated carbocycles. The van der Waals surface area contributed by atoms with Crippen molar-refractivity contribution >= 4 is 37.3 Å². The molecule has 0 aromatic heterocycles. The van der Waals surface area contributed by atoms with Crippen molar-refractivity contribution < 1.29 is 41.3 Å². The van der Waals surface area contributed by atoms with E-state index >= 15 is 0 Å². The van der Waals surface area contributed by atoms with E-state index in [2.05, 4.69) is 27.7 Å². The Balaban J connectivity index is -0.000000231. The molecule has 182 valence electrons. The zero-order chi connectivity index (χ0) is 25.0. The first-order valence-electron chi connectivity index (χ1n) is 9.36. The van der Waals surface area contributed by atoms with E-state index in [1.807, 2.05) is 27.2 Å². The van der Waals surface area contributed by atoms with E-state index in [1.165, 1.54) is 0 Å². The topological polar surface area (TPSA) is 130 Å². The van der Waals surface area contributed by atoms with Crippen molar-refractivity contribution in [1.82, 2.24) is 0 Å². The molecule has 0 fully saturated rings. The highest BCUT2D eigenvalue weighted by Crippen LogP contribution is 2.09. The highest BCUT2D eigenvalue weighted by Gasteiger charge is 2.13. The lowest BCUT2D eigenvalue weighted by molar-refractivity contribution is -0.0987. The van der Waals surface area contributed by atoms with Crippen LogP contribution in [0.25, 0.3) is 0 Å². The van der Waals surface area contributed by atoms with Crippen LogP contribution in [0.1, 0.15) is 47.0 Å². The quantitative estimate of drug-likeness (QED) is 0.284. The Morgan fingerprint density at radius 3 is 1.37 bits per heavy atom. The van der Waals surface area contributed by atoms with Gasteiger partial charge in [-0.1, -0.05) is 27.7 Å². The summed E-state index contributed by atoms with van der Waals surface area (Å²) >= 11 is 0. The number of hydrogen-bond donors (Lipinski definition) is 0. The average Bonchev–Trinajstić information content (AvgIpc) is 2.73. The van der Waals surface area contributed by atoms with E-state index in [0.29, 0.717) is 31.7 Å². The molecule has 0 aliphatic rings. The Bertz CT molecular complexity index is 407. The van der Waals surface area contributed by atoms with Gasteiger partial charge in [0.2, 0.25) is 0 Å². The maximum absolute atomic E-state index is 11.1. The SMILES string of the molecule is C=O.C=O.C=O.C=O.CC(C)CCOCCC(COCCC(C)C)COS(C)(=O)=O. The van der Waals surface area contributed by atoms with Gasteiger partial charge < -0.3 is 28.7 Å². The van der Waals surface area contributed by atoms with Crippen molar-refractivity contribution in [3.63, 3.8) is 0 Å². The predicted molar refractivity (Wildman–Crippen MR) is 118 cm³/mol. The first-order chi connectivity index (χ1) is 14.2. The minimum Gasteiger partial charge on any atom is -0.381 e. The van der Waals surface area contributed by atoms with Gasteiger partial charge in [-0.15, -0.1) is 0 Å². The molecule has 0 aliphatic heterocycles. The second-order valence-corrected chi connectivity index (χ2v) is 8.34. The summed E-state index contributed by atoms with van der Waals surface area (Å²) in [6.45, 7) is 19.3. The van der Waals surface area contributed by atoms with Crippen molar-refractivity contribution in [2.75, 3.05) is 39.3 Å². The number of ether oxygens (including phenoxy) is 2. The second kappa shape index (κ2) is 32.2. The number of carbonyl (C=O) groups is 4. The first-order valence-corrected chi connectivity index (χ1v) is 11.2. The Labute approximate surface area is 183 Å². The standard InChI is InChI=1S/C16H34O5S.4CH2O/c1-14(2)6-9-19-11-8-16(13-21-22(5,17)18)12-20-10-7-15(3)4;4*1-2/h14-16H,6-13H2,1-5H3;4*1H2. The summed E-state index contributed by atoms with van der Waals surface area (Å²) in [4.78, 5) is 32.0. The predicted octanol–water partition coefficient (Wildman–Crippen LogP) is 2.35. The fourth-order valence-corrected chi connectivity index (χ4v) is 2.11. The van der Waals surface area contributed by atoms with E-state index in [-0.39, 0.29) is 12.5 Å². The molecule has 0 amide bonds. The van der Waals surface area contributed by atoms with Gasteiger partial charge >= 0.3 is 0 Å². The molecular formula is C20H42O9S. The largest absolute Gasteiger partial charge is 0.381 e. The van der Waals surface area contributed by atoms with Crippen LogP contribution in [0.4, 0.5) is 0 Å². The first kappa shape index (κ1) is 39.0. The van der Waals surface area contributed by atoms with Crippen LogP contribution in [0.2, 0.25) is 0 Å². The molecule has 0 spiro atoms. The summed E-state index contributed by atoms with van der Waals surface area (Å²) in [6, 6.07) is 0. The maximum Gasteiger partial charge on any atom is 0.264 e. The highest BCUT2D eigenvalue weighted by atomic mass is 32.2. The molecule has 0 N–H and O–H groups in total. The summed E-state index contributed by atoms with van der Waals surface area (Å²) < 4.78 is 38.4. The summed E-state index contributed by atoms with van der Waals surface area (Å²) in [7, 11) is -3.41. The van der Waals surface area contributed by atoms with Gasteiger partial charge in [0.1, 0.15) is 27.2 Å². The average molecular weight is 459 g/mol. The van der Waals surface area contributed by atoms with Gasteiger partial charge in [-0.05, 0) is 31.1 Å². The molecule has 0 heterocycles. The van der Waals surface area contributed by atoms with Crippen LogP contribution in [0.5, 0.6) is 0 Å². The molecule has 9 nitrogen and oxygen atoms in total. The minimum atomic E-state index is -3.41. The van der Waals surface area contributed by atoms with Crippen molar-refractivity contribution in [1.29, 1.82) is 0 Å². The molecule has 0 bridgehead atoms. The molecule has 0 aromatic carbocycles. The van der Waals surface area contributed by atoms with E-state index in [1.54, 1.807) is 0 Å². The highest BCUT2D eigenvalue weighted by molar-refractivity contribution is 7.85. The fourth-order valence-electron chi connectivity index (χ4n) is 1.67. The van der Waals surface area contributed by atoms with Crippen molar-refractivity contribution in [2.45, 2.75) is 47.0 Å². The van der Waals surface area contributed by atoms with E-state index < -0.39 is 10.1 Å². The van der Waals surface area contributed by atoms with Crippen molar-refractivity contribution in [3.8, 4) is 0 Å². The van der Waals surface area contributed by atoms with Crippen molar-refractivity contribution in [3.05, 3.63) is 0 Å². The Hall–Kier alpha value is -1.49. The minimum absolute atomic E-state index is 0.0425. The third-order valence-electron chi connectivity index (χ3n) is 3.22. The smallest absolute Gasteiger partial charge is 0.264 e. The summed E-state index contributed by atoms with van der Waals surface area (Å²) in [6.07, 6.45) is 3.86. The van der Waals surface area contributed by atoms with E-state index in [9.17, 15) is 8.42 Å². The summed E-state index contributed by atoms with van der Waals surface area (Å²) in [5, 5.41) is 0. The summed E-state index contributed by atoms with van der Waals surface area (Å²) in [5.41, 5.74) is 0. The third kappa shape index (κ3) is 45.3. The monoisotopic (exact) mass is 458 g/mol. The second-order valence-electron chi connectivity index (χ2n) is 6.70. The fraction of sp³-hybridized carbons (Fsp3) is 0.800. The molecule has 1 unspecified atom stereocenters. The van der Waals surface area contributed by atoms with Crippen LogP contribution < -0.4 is 0 Å². The van der Waals surface area contributed by atoms with Gasteiger partial charge in [-0.3, -0.25) is 4.18 Å². The lowest BCUT2D eigenvalue weighted by atomic mass is 10.1. The molecule has 10 heteroatoms. The molecule has 0 aliphatic carbocycles. The Morgan fingerprint density at radius 1 is 0.633 bits per heavy atom. The molecule has 0 aromatic rings. The zero-order valence-electron chi connectivity index (χ0n) is 19.3. The van der Waals surface area contributed by atoms with E-state index in [4.69, 9.17) is 32.8 Å². The lowest BCUT2D eigenvalue weighted by Crippen LogP contribution is -2.21. The van der Waals surface area contributed by atoms with Crippen LogP contribution in [0, 0.1) is 17.8 Å². The van der Waals surface area contributed by atoms with Crippen LogP contribution in [-0.2, 0) is 43.0 Å². The van der Waals surface area contributed by atoms with Gasteiger partial charge in [0.05, 0.1) is 19.5 Å². The molecule has 30 heavy (non-hydrogen) atoms. The van der Waals surface area contributed by atoms with Crippen LogP contribution >= 0.6 is 0 Å². The van der Waals surface area contributed by atoms with Gasteiger partial charge in [0.25, 0.3) is 10.1 Å². The number of hydrogen-bond acceptors (Lipinski definition) is 9. The van der Waals surface area contributed by atoms with Crippen LogP contribution in [0.15, 0.2) is 0 Å². The molecular weight excluding hydrogens is 416 g/mol. The van der Waals surface area contributed by atoms with Gasteiger partial charge in [0, 0.05) is 25.7 Å². The van der Waals surface area contributed by atoms with Crippen LogP contribution in [0.3, 0.4) is 0 Å². The Kier molecular flexibility index (Phi) is 41.9. The molecule has 1 atom stereocenters. The lowest BCUT2D eigenvalue weighted by Gasteiger charge is -2.17. The number of carbonyl (C=O) groups excluding carboxylic acids is 4. The third-order valence-corrected chi connectivity index (χ3v) is 3.79. The normalized spacial score (nSPS) is 10.8. The molecule has 0 rings (SSSR count). The van der Waals surface area contributed by atoms with Gasteiger partial charge in [-0.25, -0.2) is 0 Å². The van der Waals surface area contributed by atoms with Crippen molar-refractivity contribution in [2.24, 2.45) is 17.8 Å². The summed E-state index contributed by atoms with van der Waals surface area (Å²) in [5.74, 6) is 1.27. The van der Waals surface area contributed by atoms with Gasteiger partial charge in [-0.2, -0.15) is 8.42 Å². The van der Waals surface area contributed by atoms with Gasteiger partial charge in [0.15, 0.2) is 0 Å². The van der Waals surface area contributed by atoms with Crippen LogP contribution in [-0.4, -0.2) is 74.9 Å². The zero-order valence-corrected chi connectivity index (χ0v) is 20.1.